The van der Waals surface area contributed by atoms with Crippen LogP contribution >= 0.6 is 0 Å². The van der Waals surface area contributed by atoms with Crippen LogP contribution < -0.4 is 0 Å². The first-order chi connectivity index (χ1) is 12.0. The number of carbonyl (C=O) groups excluding carboxylic acids is 2. The van der Waals surface area contributed by atoms with E-state index >= 15 is 0 Å². The van der Waals surface area contributed by atoms with Crippen molar-refractivity contribution in [3.05, 3.63) is 0 Å². The fraction of sp³-hybridized carbons (Fsp3) is 0.900. The van der Waals surface area contributed by atoms with Crippen LogP contribution in [0.4, 0.5) is 4.79 Å². The van der Waals surface area contributed by atoms with E-state index in [0.29, 0.717) is 13.2 Å². The molecule has 1 amide bonds. The van der Waals surface area contributed by atoms with Crippen LogP contribution in [0.25, 0.3) is 0 Å². The molecule has 0 spiro atoms. The summed E-state index contributed by atoms with van der Waals surface area (Å²) >= 11 is 0. The Morgan fingerprint density at radius 2 is 1.58 bits per heavy atom. The van der Waals surface area contributed by atoms with E-state index in [1.54, 1.807) is 11.9 Å². The van der Waals surface area contributed by atoms with Gasteiger partial charge in [-0.1, -0.05) is 27.2 Å². The van der Waals surface area contributed by atoms with Crippen molar-refractivity contribution in [2.24, 2.45) is 5.92 Å². The highest BCUT2D eigenvalue weighted by molar-refractivity contribution is 5.76. The zero-order valence-electron chi connectivity index (χ0n) is 18.1. The van der Waals surface area contributed by atoms with Crippen LogP contribution in [0.2, 0.25) is 0 Å². The van der Waals surface area contributed by atoms with E-state index in [-0.39, 0.29) is 24.0 Å². The second-order valence-corrected chi connectivity index (χ2v) is 8.30. The lowest BCUT2D eigenvalue weighted by atomic mass is 10.0. The van der Waals surface area contributed by atoms with E-state index in [0.717, 1.165) is 32.2 Å². The normalized spacial score (nSPS) is 13.0. The third-order valence-corrected chi connectivity index (χ3v) is 4.05. The molecule has 0 rings (SSSR count). The SMILES string of the molecule is CCCCOC(=O)[C@H](C(C)C)N(C)CCCCN(C)C(=O)OC(C)(C)C. The third kappa shape index (κ3) is 10.6. The smallest absolute Gasteiger partial charge is 0.410 e. The van der Waals surface area contributed by atoms with Crippen LogP contribution in [0.1, 0.15) is 67.2 Å². The lowest BCUT2D eigenvalue weighted by molar-refractivity contribution is -0.151. The molecule has 0 aromatic carbocycles. The van der Waals surface area contributed by atoms with Gasteiger partial charge in [0.2, 0.25) is 0 Å². The van der Waals surface area contributed by atoms with Crippen LogP contribution in [0.5, 0.6) is 0 Å². The van der Waals surface area contributed by atoms with Crippen molar-refractivity contribution in [3.63, 3.8) is 0 Å². The largest absolute Gasteiger partial charge is 0.465 e. The first-order valence-corrected chi connectivity index (χ1v) is 9.80. The van der Waals surface area contributed by atoms with Gasteiger partial charge in [-0.2, -0.15) is 0 Å². The van der Waals surface area contributed by atoms with E-state index in [2.05, 4.69) is 11.8 Å². The molecule has 0 aromatic heterocycles. The second kappa shape index (κ2) is 12.2. The molecule has 0 N–H and O–H groups in total. The van der Waals surface area contributed by atoms with Gasteiger partial charge in [-0.3, -0.25) is 9.69 Å². The standard InChI is InChI=1S/C20H40N2O4/c1-9-10-15-25-18(23)17(16(2)3)21(7)13-11-12-14-22(8)19(24)26-20(4,5)6/h16-17H,9-15H2,1-8H3/t17-/m0/s1. The van der Waals surface area contributed by atoms with Crippen molar-refractivity contribution in [1.82, 2.24) is 9.80 Å². The summed E-state index contributed by atoms with van der Waals surface area (Å²) in [7, 11) is 3.71. The summed E-state index contributed by atoms with van der Waals surface area (Å²) < 4.78 is 10.7. The van der Waals surface area contributed by atoms with Gasteiger partial charge in [0.1, 0.15) is 11.6 Å². The summed E-state index contributed by atoms with van der Waals surface area (Å²) in [6.45, 7) is 13.7. The molecule has 0 radical (unpaired) electrons. The number of ether oxygens (including phenoxy) is 2. The van der Waals surface area contributed by atoms with Crippen molar-refractivity contribution < 1.29 is 19.1 Å². The number of amides is 1. The maximum absolute atomic E-state index is 12.3. The van der Waals surface area contributed by atoms with Gasteiger partial charge in [0.05, 0.1) is 6.61 Å². The van der Waals surface area contributed by atoms with E-state index < -0.39 is 5.60 Å². The van der Waals surface area contributed by atoms with E-state index in [4.69, 9.17) is 9.47 Å². The molecule has 0 unspecified atom stereocenters. The summed E-state index contributed by atoms with van der Waals surface area (Å²) in [6, 6.07) is -0.226. The van der Waals surface area contributed by atoms with Gasteiger partial charge in [0.25, 0.3) is 0 Å². The van der Waals surface area contributed by atoms with Gasteiger partial charge in [0, 0.05) is 13.6 Å². The Labute approximate surface area is 160 Å². The van der Waals surface area contributed by atoms with Crippen LogP contribution in [-0.2, 0) is 14.3 Å². The van der Waals surface area contributed by atoms with Crippen LogP contribution in [0, 0.1) is 5.92 Å². The minimum absolute atomic E-state index is 0.137. The van der Waals surface area contributed by atoms with Crippen molar-refractivity contribution >= 4 is 12.1 Å². The van der Waals surface area contributed by atoms with Crippen LogP contribution in [-0.4, -0.2) is 67.3 Å². The average molecular weight is 373 g/mol. The minimum Gasteiger partial charge on any atom is -0.465 e. The second-order valence-electron chi connectivity index (χ2n) is 8.30. The zero-order chi connectivity index (χ0) is 20.3. The van der Waals surface area contributed by atoms with Gasteiger partial charge >= 0.3 is 12.1 Å². The summed E-state index contributed by atoms with van der Waals surface area (Å²) in [5, 5.41) is 0. The number of hydrogen-bond donors (Lipinski definition) is 0. The molecule has 154 valence electrons. The molecule has 0 fully saturated rings. The lowest BCUT2D eigenvalue weighted by Gasteiger charge is -2.29. The maximum Gasteiger partial charge on any atom is 0.410 e. The molecule has 6 heteroatoms. The molecule has 0 saturated heterocycles. The molecule has 0 aliphatic carbocycles. The Hall–Kier alpha value is -1.30. The highest BCUT2D eigenvalue weighted by atomic mass is 16.6. The van der Waals surface area contributed by atoms with E-state index in [9.17, 15) is 9.59 Å². The van der Waals surface area contributed by atoms with Crippen molar-refractivity contribution in [2.75, 3.05) is 33.8 Å². The molecule has 0 aliphatic heterocycles. The molecule has 0 saturated carbocycles. The van der Waals surface area contributed by atoms with Gasteiger partial charge in [-0.05, 0) is 59.5 Å². The summed E-state index contributed by atoms with van der Waals surface area (Å²) in [5.41, 5.74) is -0.478. The Morgan fingerprint density at radius 3 is 2.08 bits per heavy atom. The number of carbonyl (C=O) groups is 2. The molecular weight excluding hydrogens is 332 g/mol. The summed E-state index contributed by atoms with van der Waals surface area (Å²) in [5.74, 6) is 0.0559. The predicted octanol–water partition coefficient (Wildman–Crippen LogP) is 3.93. The first-order valence-electron chi connectivity index (χ1n) is 9.80. The number of hydrogen-bond acceptors (Lipinski definition) is 5. The third-order valence-electron chi connectivity index (χ3n) is 4.05. The molecule has 26 heavy (non-hydrogen) atoms. The lowest BCUT2D eigenvalue weighted by Crippen LogP contribution is -2.44. The highest BCUT2D eigenvalue weighted by Gasteiger charge is 2.27. The van der Waals surface area contributed by atoms with Crippen LogP contribution in [0.15, 0.2) is 0 Å². The Morgan fingerprint density at radius 1 is 1.00 bits per heavy atom. The summed E-state index contributed by atoms with van der Waals surface area (Å²) in [6.07, 6.45) is 3.37. The molecular formula is C20H40N2O4. The Kier molecular flexibility index (Phi) is 11.5. The topological polar surface area (TPSA) is 59.1 Å². The molecule has 0 heterocycles. The van der Waals surface area contributed by atoms with Gasteiger partial charge in [-0.15, -0.1) is 0 Å². The van der Waals surface area contributed by atoms with E-state index in [1.165, 1.54) is 0 Å². The van der Waals surface area contributed by atoms with Gasteiger partial charge in [-0.25, -0.2) is 4.79 Å². The number of likely N-dealkylation sites (N-methyl/N-ethyl adjacent to an activating group) is 1. The van der Waals surface area contributed by atoms with Crippen molar-refractivity contribution in [3.8, 4) is 0 Å². The Bertz CT molecular complexity index is 419. The monoisotopic (exact) mass is 372 g/mol. The molecule has 1 atom stereocenters. The van der Waals surface area contributed by atoms with Crippen molar-refractivity contribution in [2.45, 2.75) is 78.9 Å². The molecule has 0 aliphatic rings. The minimum atomic E-state index is -0.478. The number of rotatable bonds is 11. The quantitative estimate of drug-likeness (QED) is 0.406. The predicted molar refractivity (Wildman–Crippen MR) is 105 cm³/mol. The molecule has 0 bridgehead atoms. The Balaban J connectivity index is 4.29. The fourth-order valence-corrected chi connectivity index (χ4v) is 2.64. The van der Waals surface area contributed by atoms with Crippen molar-refractivity contribution in [1.29, 1.82) is 0 Å². The molecule has 0 aromatic rings. The number of nitrogens with zero attached hydrogens (tertiary/aromatic N) is 2. The first kappa shape index (κ1) is 24.7. The average Bonchev–Trinajstić information content (AvgIpc) is 2.49. The zero-order valence-corrected chi connectivity index (χ0v) is 18.1. The van der Waals surface area contributed by atoms with E-state index in [1.807, 2.05) is 41.7 Å². The fourth-order valence-electron chi connectivity index (χ4n) is 2.64. The molecule has 6 nitrogen and oxygen atoms in total. The van der Waals surface area contributed by atoms with Gasteiger partial charge < -0.3 is 14.4 Å². The maximum atomic E-state index is 12.3. The number of esters is 1. The van der Waals surface area contributed by atoms with Crippen LogP contribution in [0.3, 0.4) is 0 Å². The highest BCUT2D eigenvalue weighted by Crippen LogP contribution is 2.13. The van der Waals surface area contributed by atoms with Gasteiger partial charge in [0.15, 0.2) is 0 Å². The number of unbranched alkanes of at least 4 members (excludes halogenated alkanes) is 2. The summed E-state index contributed by atoms with van der Waals surface area (Å²) in [4.78, 5) is 27.9.